The van der Waals surface area contributed by atoms with Gasteiger partial charge in [-0.3, -0.25) is 0 Å². The van der Waals surface area contributed by atoms with Gasteiger partial charge in [-0.05, 0) is 43.1 Å². The van der Waals surface area contributed by atoms with E-state index in [9.17, 15) is 0 Å². The molecule has 0 bridgehead atoms. The van der Waals surface area contributed by atoms with Gasteiger partial charge in [-0.15, -0.1) is 0 Å². The van der Waals surface area contributed by atoms with Crippen molar-refractivity contribution in [2.75, 3.05) is 20.1 Å². The fourth-order valence-electron chi connectivity index (χ4n) is 2.33. The van der Waals surface area contributed by atoms with Crippen molar-refractivity contribution in [2.24, 2.45) is 17.6 Å². The summed E-state index contributed by atoms with van der Waals surface area (Å²) in [6, 6.07) is 6.17. The van der Waals surface area contributed by atoms with Crippen LogP contribution in [0.1, 0.15) is 19.4 Å². The number of nitrogens with zero attached hydrogens (tertiary/aromatic N) is 2. The summed E-state index contributed by atoms with van der Waals surface area (Å²) in [5.74, 6) is 1.16. The van der Waals surface area contributed by atoms with Crippen LogP contribution >= 0.6 is 0 Å². The van der Waals surface area contributed by atoms with Crippen LogP contribution in [0.3, 0.4) is 0 Å². The Labute approximate surface area is 114 Å². The Morgan fingerprint density at radius 2 is 2.16 bits per heavy atom. The van der Waals surface area contributed by atoms with Gasteiger partial charge in [0.05, 0.1) is 0 Å². The first-order valence-electron chi connectivity index (χ1n) is 6.81. The van der Waals surface area contributed by atoms with Crippen LogP contribution < -0.4 is 5.73 Å². The predicted octanol–water partition coefficient (Wildman–Crippen LogP) is 2.49. The molecule has 4 nitrogen and oxygen atoms in total. The van der Waals surface area contributed by atoms with Gasteiger partial charge in [0.2, 0.25) is 0 Å². The summed E-state index contributed by atoms with van der Waals surface area (Å²) >= 11 is 0. The Bertz CT molecular complexity index is 521. The Hall–Kier alpha value is -1.39. The Kier molecular flexibility index (Phi) is 4.56. The molecule has 0 saturated heterocycles. The average Bonchev–Trinajstić information content (AvgIpc) is 2.82. The van der Waals surface area contributed by atoms with E-state index < -0.39 is 0 Å². The second kappa shape index (κ2) is 6.17. The molecule has 2 N–H and O–H groups in total. The number of rotatable bonds is 6. The van der Waals surface area contributed by atoms with Crippen LogP contribution in [-0.4, -0.2) is 30.0 Å². The van der Waals surface area contributed by atoms with E-state index in [-0.39, 0.29) is 0 Å². The van der Waals surface area contributed by atoms with Crippen LogP contribution in [0.5, 0.6) is 0 Å². The van der Waals surface area contributed by atoms with Crippen LogP contribution in [0.4, 0.5) is 0 Å². The van der Waals surface area contributed by atoms with Crippen LogP contribution in [-0.2, 0) is 6.54 Å². The summed E-state index contributed by atoms with van der Waals surface area (Å²) in [7, 11) is 2.13. The lowest BCUT2D eigenvalue weighted by atomic mass is 9.95. The van der Waals surface area contributed by atoms with Crippen molar-refractivity contribution in [3.8, 4) is 0 Å². The van der Waals surface area contributed by atoms with Crippen molar-refractivity contribution in [3.63, 3.8) is 0 Å². The van der Waals surface area contributed by atoms with Crippen LogP contribution in [0, 0.1) is 11.8 Å². The summed E-state index contributed by atoms with van der Waals surface area (Å²) in [6.07, 6.45) is 1.49. The minimum absolute atomic E-state index is 0.541. The molecular weight excluding hydrogens is 238 g/mol. The zero-order valence-corrected chi connectivity index (χ0v) is 12.0. The van der Waals surface area contributed by atoms with E-state index in [0.29, 0.717) is 11.8 Å². The molecule has 0 amide bonds. The lowest BCUT2D eigenvalue weighted by Gasteiger charge is -2.25. The molecule has 0 aliphatic carbocycles. The molecule has 1 aromatic heterocycles. The van der Waals surface area contributed by atoms with Crippen molar-refractivity contribution >= 4 is 11.1 Å². The summed E-state index contributed by atoms with van der Waals surface area (Å²) in [6.45, 7) is 7.11. The Morgan fingerprint density at radius 1 is 1.37 bits per heavy atom. The van der Waals surface area contributed by atoms with Gasteiger partial charge in [-0.2, -0.15) is 0 Å². The normalized spacial score (nSPS) is 13.6. The maximum atomic E-state index is 5.83. The maximum absolute atomic E-state index is 5.83. The monoisotopic (exact) mass is 261 g/mol. The van der Waals surface area contributed by atoms with Gasteiger partial charge in [-0.1, -0.05) is 19.9 Å². The number of aromatic nitrogens is 1. The number of benzene rings is 1. The molecule has 104 valence electrons. The molecule has 0 saturated carbocycles. The molecule has 0 aliphatic rings. The minimum atomic E-state index is 0.541. The highest BCUT2D eigenvalue weighted by molar-refractivity contribution is 5.72. The number of hydrogen-bond acceptors (Lipinski definition) is 4. The van der Waals surface area contributed by atoms with E-state index in [4.69, 9.17) is 10.2 Å². The largest absolute Gasteiger partial charge is 0.443 e. The van der Waals surface area contributed by atoms with Crippen LogP contribution in [0.15, 0.2) is 29.0 Å². The number of nitrogens with two attached hydrogens (primary N) is 1. The first-order chi connectivity index (χ1) is 9.10. The highest BCUT2D eigenvalue weighted by atomic mass is 16.3. The minimum Gasteiger partial charge on any atom is -0.443 e. The third-order valence-electron chi connectivity index (χ3n) is 3.64. The van der Waals surface area contributed by atoms with Crippen LogP contribution in [0.25, 0.3) is 11.1 Å². The third-order valence-corrected chi connectivity index (χ3v) is 3.64. The van der Waals surface area contributed by atoms with Crippen molar-refractivity contribution in [2.45, 2.75) is 20.4 Å². The molecule has 0 fully saturated rings. The predicted molar refractivity (Wildman–Crippen MR) is 77.7 cm³/mol. The molecule has 1 unspecified atom stereocenters. The van der Waals surface area contributed by atoms with Crippen molar-refractivity contribution in [1.82, 2.24) is 9.88 Å². The molecule has 2 rings (SSSR count). The van der Waals surface area contributed by atoms with Crippen LogP contribution in [0.2, 0.25) is 0 Å². The van der Waals surface area contributed by atoms with Crippen molar-refractivity contribution < 1.29 is 4.42 Å². The first-order valence-corrected chi connectivity index (χ1v) is 6.81. The van der Waals surface area contributed by atoms with Gasteiger partial charge in [-0.25, -0.2) is 4.98 Å². The number of hydrogen-bond donors (Lipinski definition) is 1. The zero-order valence-electron chi connectivity index (χ0n) is 12.0. The maximum Gasteiger partial charge on any atom is 0.181 e. The Morgan fingerprint density at radius 3 is 2.84 bits per heavy atom. The molecular formula is C15H23N3O. The molecule has 1 aromatic carbocycles. The van der Waals surface area contributed by atoms with E-state index in [1.54, 1.807) is 0 Å². The Balaban J connectivity index is 1.99. The molecule has 19 heavy (non-hydrogen) atoms. The van der Waals surface area contributed by atoms with Crippen molar-refractivity contribution in [3.05, 3.63) is 30.2 Å². The highest BCUT2D eigenvalue weighted by Crippen LogP contribution is 2.17. The number of oxazole rings is 1. The highest BCUT2D eigenvalue weighted by Gasteiger charge is 2.14. The van der Waals surface area contributed by atoms with Gasteiger partial charge in [0.25, 0.3) is 0 Å². The van der Waals surface area contributed by atoms with E-state index in [1.807, 2.05) is 6.07 Å². The van der Waals surface area contributed by atoms with Gasteiger partial charge in [0.15, 0.2) is 12.0 Å². The van der Waals surface area contributed by atoms with E-state index in [2.05, 4.69) is 42.9 Å². The molecule has 0 aliphatic heterocycles. The lowest BCUT2D eigenvalue weighted by molar-refractivity contribution is 0.234. The van der Waals surface area contributed by atoms with Gasteiger partial charge in [0, 0.05) is 13.1 Å². The molecule has 1 heterocycles. The summed E-state index contributed by atoms with van der Waals surface area (Å²) < 4.78 is 5.33. The van der Waals surface area contributed by atoms with Gasteiger partial charge in [0.1, 0.15) is 5.52 Å². The van der Waals surface area contributed by atoms with Gasteiger partial charge >= 0.3 is 0 Å². The first kappa shape index (κ1) is 14.0. The van der Waals surface area contributed by atoms with Gasteiger partial charge < -0.3 is 15.1 Å². The van der Waals surface area contributed by atoms with E-state index in [0.717, 1.165) is 30.7 Å². The second-order valence-electron chi connectivity index (χ2n) is 5.59. The fourth-order valence-corrected chi connectivity index (χ4v) is 2.33. The molecule has 0 radical (unpaired) electrons. The van der Waals surface area contributed by atoms with E-state index >= 15 is 0 Å². The fraction of sp³-hybridized carbons (Fsp3) is 0.533. The molecule has 2 aromatic rings. The number of fused-ring (bicyclic) bond motifs is 1. The summed E-state index contributed by atoms with van der Waals surface area (Å²) in [5, 5.41) is 0. The molecule has 4 heteroatoms. The van der Waals surface area contributed by atoms with Crippen molar-refractivity contribution in [1.29, 1.82) is 0 Å². The zero-order chi connectivity index (χ0) is 13.8. The smallest absolute Gasteiger partial charge is 0.181 e. The lowest BCUT2D eigenvalue weighted by Crippen LogP contribution is -2.32. The quantitative estimate of drug-likeness (QED) is 0.868. The SMILES string of the molecule is CC(C)C(CN)CN(C)Cc1ccc2ncoc2c1. The molecule has 0 spiro atoms. The second-order valence-corrected chi connectivity index (χ2v) is 5.59. The van der Waals surface area contributed by atoms with E-state index in [1.165, 1.54) is 12.0 Å². The topological polar surface area (TPSA) is 55.3 Å². The summed E-state index contributed by atoms with van der Waals surface area (Å²) in [5.41, 5.74) is 8.83. The third kappa shape index (κ3) is 3.55. The molecule has 1 atom stereocenters. The standard InChI is InChI=1S/C15H23N3O/c1-11(2)13(7-16)9-18(3)8-12-4-5-14-15(6-12)19-10-17-14/h4-6,10-11,13H,7-9,16H2,1-3H3. The average molecular weight is 261 g/mol. The summed E-state index contributed by atoms with van der Waals surface area (Å²) in [4.78, 5) is 6.44.